The Morgan fingerprint density at radius 3 is 2.82 bits per heavy atom. The first-order chi connectivity index (χ1) is 13.6. The second-order valence-electron chi connectivity index (χ2n) is 7.10. The number of carbonyl (C=O) groups excluding carboxylic acids is 1. The number of hydrazone groups is 1. The topological polar surface area (TPSA) is 49.1 Å². The fourth-order valence-electron chi connectivity index (χ4n) is 3.47. The zero-order valence-electron chi connectivity index (χ0n) is 16.0. The lowest BCUT2D eigenvalue weighted by Crippen LogP contribution is -2.36. The molecule has 6 heteroatoms. The molecule has 0 bridgehead atoms. The van der Waals surface area contributed by atoms with Crippen LogP contribution < -0.4 is 0 Å². The normalized spacial score (nSPS) is 16.6. The van der Waals surface area contributed by atoms with Crippen molar-refractivity contribution in [1.82, 2.24) is 9.91 Å². The highest BCUT2D eigenvalue weighted by Crippen LogP contribution is 2.34. The van der Waals surface area contributed by atoms with Crippen LogP contribution >= 0.6 is 11.3 Å². The van der Waals surface area contributed by atoms with Crippen LogP contribution in [0.2, 0.25) is 0 Å². The van der Waals surface area contributed by atoms with Crippen LogP contribution in [0.15, 0.2) is 69.7 Å². The lowest BCUT2D eigenvalue weighted by Gasteiger charge is -2.23. The van der Waals surface area contributed by atoms with Crippen LogP contribution in [0.25, 0.3) is 0 Å². The maximum atomic E-state index is 13.1. The Bertz CT molecular complexity index is 964. The quantitative estimate of drug-likeness (QED) is 0.621. The molecule has 0 N–H and O–H groups in total. The lowest BCUT2D eigenvalue weighted by atomic mass is 10.1. The number of carbonyl (C=O) groups is 1. The van der Waals surface area contributed by atoms with E-state index >= 15 is 0 Å². The SMILES string of the molecule is Cc1ccccc1CN(C)CC(=O)N1N=C(c2cccs2)CC1c1ccco1. The first kappa shape index (κ1) is 18.7. The molecule has 1 unspecified atom stereocenters. The lowest BCUT2D eigenvalue weighted by molar-refractivity contribution is -0.134. The van der Waals surface area contributed by atoms with E-state index in [-0.39, 0.29) is 11.9 Å². The van der Waals surface area contributed by atoms with Crippen LogP contribution in [0, 0.1) is 6.92 Å². The zero-order chi connectivity index (χ0) is 19.5. The van der Waals surface area contributed by atoms with E-state index in [9.17, 15) is 4.79 Å². The van der Waals surface area contributed by atoms with Gasteiger partial charge in [0.05, 0.1) is 23.4 Å². The summed E-state index contributed by atoms with van der Waals surface area (Å²) < 4.78 is 5.60. The summed E-state index contributed by atoms with van der Waals surface area (Å²) in [6, 6.07) is 15.9. The summed E-state index contributed by atoms with van der Waals surface area (Å²) in [5.41, 5.74) is 3.39. The van der Waals surface area contributed by atoms with Crippen molar-refractivity contribution in [3.63, 3.8) is 0 Å². The Kier molecular flexibility index (Phi) is 5.41. The van der Waals surface area contributed by atoms with Gasteiger partial charge in [-0.3, -0.25) is 9.69 Å². The molecule has 4 rings (SSSR count). The molecule has 1 aromatic carbocycles. The third-order valence-corrected chi connectivity index (χ3v) is 5.87. The number of amides is 1. The molecule has 2 aromatic heterocycles. The van der Waals surface area contributed by atoms with E-state index in [0.29, 0.717) is 13.0 Å². The first-order valence-corrected chi connectivity index (χ1v) is 10.2. The van der Waals surface area contributed by atoms with Gasteiger partial charge in [-0.2, -0.15) is 5.10 Å². The molecule has 144 valence electrons. The number of nitrogens with zero attached hydrogens (tertiary/aromatic N) is 3. The zero-order valence-corrected chi connectivity index (χ0v) is 16.9. The van der Waals surface area contributed by atoms with Crippen molar-refractivity contribution in [3.05, 3.63) is 81.9 Å². The molecule has 0 aliphatic carbocycles. The van der Waals surface area contributed by atoms with Crippen molar-refractivity contribution in [2.24, 2.45) is 5.10 Å². The molecule has 1 amide bonds. The molecule has 0 saturated carbocycles. The van der Waals surface area contributed by atoms with Crippen LogP contribution in [0.3, 0.4) is 0 Å². The average Bonchev–Trinajstić information content (AvgIpc) is 3.43. The van der Waals surface area contributed by atoms with Crippen LogP contribution in [0.1, 0.15) is 34.2 Å². The van der Waals surface area contributed by atoms with Crippen LogP contribution in [0.4, 0.5) is 0 Å². The largest absolute Gasteiger partial charge is 0.467 e. The molecule has 1 aliphatic heterocycles. The molecule has 0 spiro atoms. The molecule has 0 saturated heterocycles. The molecule has 3 aromatic rings. The van der Waals surface area contributed by atoms with Gasteiger partial charge >= 0.3 is 0 Å². The van der Waals surface area contributed by atoms with E-state index in [0.717, 1.165) is 22.9 Å². The third-order valence-electron chi connectivity index (χ3n) is 4.95. The van der Waals surface area contributed by atoms with Crippen LogP contribution in [-0.2, 0) is 11.3 Å². The highest BCUT2D eigenvalue weighted by atomic mass is 32.1. The Hall–Kier alpha value is -2.70. The minimum Gasteiger partial charge on any atom is -0.467 e. The van der Waals surface area contributed by atoms with E-state index in [1.54, 1.807) is 22.6 Å². The number of likely N-dealkylation sites (N-methyl/N-ethyl adjacent to an activating group) is 1. The maximum Gasteiger partial charge on any atom is 0.257 e. The molecule has 3 heterocycles. The summed E-state index contributed by atoms with van der Waals surface area (Å²) in [7, 11) is 1.96. The summed E-state index contributed by atoms with van der Waals surface area (Å²) in [4.78, 5) is 16.2. The molecule has 5 nitrogen and oxygen atoms in total. The van der Waals surface area contributed by atoms with Gasteiger partial charge in [-0.15, -0.1) is 11.3 Å². The number of thiophene rings is 1. The first-order valence-electron chi connectivity index (χ1n) is 9.31. The van der Waals surface area contributed by atoms with Crippen LogP contribution in [0.5, 0.6) is 0 Å². The summed E-state index contributed by atoms with van der Waals surface area (Å²) in [6.45, 7) is 3.11. The molecule has 0 radical (unpaired) electrons. The number of aryl methyl sites for hydroxylation is 1. The van der Waals surface area contributed by atoms with Crippen LogP contribution in [-0.4, -0.2) is 35.1 Å². The van der Waals surface area contributed by atoms with E-state index < -0.39 is 0 Å². The second-order valence-corrected chi connectivity index (χ2v) is 8.04. The van der Waals surface area contributed by atoms with Crippen molar-refractivity contribution < 1.29 is 9.21 Å². The fraction of sp³-hybridized carbons (Fsp3) is 0.273. The van der Waals surface area contributed by atoms with Crippen molar-refractivity contribution in [2.45, 2.75) is 25.9 Å². The highest BCUT2D eigenvalue weighted by molar-refractivity contribution is 7.12. The number of hydrogen-bond acceptors (Lipinski definition) is 5. The minimum atomic E-state index is -0.188. The summed E-state index contributed by atoms with van der Waals surface area (Å²) in [5, 5.41) is 8.30. The predicted molar refractivity (Wildman–Crippen MR) is 111 cm³/mol. The number of rotatable bonds is 6. The monoisotopic (exact) mass is 393 g/mol. The Labute approximate surface area is 168 Å². The molecule has 1 atom stereocenters. The van der Waals surface area contributed by atoms with Crippen molar-refractivity contribution in [1.29, 1.82) is 0 Å². The van der Waals surface area contributed by atoms with Crippen molar-refractivity contribution in [3.8, 4) is 0 Å². The molecular formula is C22H23N3O2S. The van der Waals surface area contributed by atoms with Gasteiger partial charge < -0.3 is 4.42 Å². The van der Waals surface area contributed by atoms with Gasteiger partial charge in [-0.1, -0.05) is 30.3 Å². The van der Waals surface area contributed by atoms with Gasteiger partial charge in [0, 0.05) is 13.0 Å². The van der Waals surface area contributed by atoms with Crippen molar-refractivity contribution in [2.75, 3.05) is 13.6 Å². The number of benzene rings is 1. The number of hydrogen-bond donors (Lipinski definition) is 0. The predicted octanol–water partition coefficient (Wildman–Crippen LogP) is 4.46. The van der Waals surface area contributed by atoms with E-state index in [2.05, 4.69) is 24.2 Å². The summed E-state index contributed by atoms with van der Waals surface area (Å²) >= 11 is 1.64. The van der Waals surface area contributed by atoms with Gasteiger partial charge in [0.15, 0.2) is 0 Å². The van der Waals surface area contributed by atoms with E-state index in [1.807, 2.05) is 53.7 Å². The van der Waals surface area contributed by atoms with Crippen molar-refractivity contribution >= 4 is 23.0 Å². The average molecular weight is 394 g/mol. The van der Waals surface area contributed by atoms with Gasteiger partial charge in [-0.25, -0.2) is 5.01 Å². The minimum absolute atomic E-state index is 0.0240. The van der Waals surface area contributed by atoms with Gasteiger partial charge in [0.25, 0.3) is 5.91 Å². The molecule has 1 aliphatic rings. The third kappa shape index (κ3) is 3.93. The summed E-state index contributed by atoms with van der Waals surface area (Å²) in [6.07, 6.45) is 2.31. The Morgan fingerprint density at radius 1 is 1.25 bits per heavy atom. The van der Waals surface area contributed by atoms with Gasteiger partial charge in [0.1, 0.15) is 11.8 Å². The van der Waals surface area contributed by atoms with E-state index in [4.69, 9.17) is 4.42 Å². The maximum absolute atomic E-state index is 13.1. The van der Waals surface area contributed by atoms with E-state index in [1.165, 1.54) is 11.1 Å². The van der Waals surface area contributed by atoms with Gasteiger partial charge in [-0.05, 0) is 48.7 Å². The molecule has 28 heavy (non-hydrogen) atoms. The standard InChI is InChI=1S/C22H23N3O2S/c1-16-7-3-4-8-17(16)14-24(2)15-22(26)25-19(20-9-5-11-27-20)13-18(23-25)21-10-6-12-28-21/h3-12,19H,13-15H2,1-2H3. The summed E-state index contributed by atoms with van der Waals surface area (Å²) in [5.74, 6) is 0.745. The Balaban J connectivity index is 1.50. The smallest absolute Gasteiger partial charge is 0.257 e. The Morgan fingerprint density at radius 2 is 2.11 bits per heavy atom. The fourth-order valence-corrected chi connectivity index (χ4v) is 4.19. The number of furan rings is 1. The second kappa shape index (κ2) is 8.12. The highest BCUT2D eigenvalue weighted by Gasteiger charge is 2.35. The van der Waals surface area contributed by atoms with Gasteiger partial charge in [0.2, 0.25) is 0 Å². The molecular weight excluding hydrogens is 370 g/mol. The molecule has 0 fully saturated rings.